The van der Waals surface area contributed by atoms with Crippen LogP contribution in [0.5, 0.6) is 0 Å². The molecule has 2 atom stereocenters. The predicted molar refractivity (Wildman–Crippen MR) is 289 cm³/mol. The molecular formula is C57H81NOP2Si2. The molecule has 0 saturated heterocycles. The van der Waals surface area contributed by atoms with Crippen molar-refractivity contribution in [3.05, 3.63) is 144 Å². The van der Waals surface area contributed by atoms with Crippen LogP contribution in [0.2, 0.25) is 36.3 Å². The zero-order chi connectivity index (χ0) is 45.1. The SMILES string of the molecule is CCCC[Si](CCCC)(CCCC)c1ccc(P(c2ccccc2C)N(C(=O)c2ccccc2)P(c2ccc([Si](CCCC)(CCCC)CCCC)cc2)c2ccccc2C)cc1. The van der Waals surface area contributed by atoms with E-state index in [1.165, 1.54) is 146 Å². The summed E-state index contributed by atoms with van der Waals surface area (Å²) in [5, 5.41) is 8.30. The highest BCUT2D eigenvalue weighted by molar-refractivity contribution is 7.85. The van der Waals surface area contributed by atoms with E-state index in [1.54, 1.807) is 10.4 Å². The minimum Gasteiger partial charge on any atom is -0.280 e. The van der Waals surface area contributed by atoms with Crippen LogP contribution in [-0.4, -0.2) is 26.5 Å². The smallest absolute Gasteiger partial charge is 0.261 e. The van der Waals surface area contributed by atoms with Crippen LogP contribution >= 0.6 is 16.1 Å². The summed E-state index contributed by atoms with van der Waals surface area (Å²) in [6.07, 6.45) is 15.4. The molecule has 5 aromatic rings. The first kappa shape index (κ1) is 50.9. The van der Waals surface area contributed by atoms with E-state index in [2.05, 4.69) is 157 Å². The molecule has 0 spiro atoms. The van der Waals surface area contributed by atoms with Gasteiger partial charge in [0.25, 0.3) is 5.91 Å². The lowest BCUT2D eigenvalue weighted by atomic mass is 10.2. The van der Waals surface area contributed by atoms with Gasteiger partial charge in [0, 0.05) is 26.8 Å². The van der Waals surface area contributed by atoms with Crippen molar-refractivity contribution in [2.24, 2.45) is 0 Å². The average Bonchev–Trinajstić information content (AvgIpc) is 3.32. The number of unbranched alkanes of at least 4 members (excludes halogenated alkanes) is 6. The maximum absolute atomic E-state index is 15.9. The van der Waals surface area contributed by atoms with Gasteiger partial charge in [0.05, 0.1) is 32.3 Å². The Bertz CT molecular complexity index is 1920. The standard InChI is InChI=1S/C57H81NOP2Si2/c1-9-15-42-62(43-16-10-2,44-17-11-3)53-38-34-51(35-39-53)60(55-32-26-24-28-48(55)7)58(57(59)50-30-22-21-23-31-50)61(56-33-27-25-29-49(56)8)52-36-40-54(41-37-52)63(45-18-12-4,46-19-13-5)47-20-14-6/h21-41H,9-20,42-47H2,1-8H3. The molecule has 5 rings (SSSR count). The van der Waals surface area contributed by atoms with Gasteiger partial charge >= 0.3 is 0 Å². The molecule has 63 heavy (non-hydrogen) atoms. The molecule has 0 N–H and O–H groups in total. The number of amides is 1. The van der Waals surface area contributed by atoms with Crippen LogP contribution < -0.4 is 31.6 Å². The summed E-state index contributed by atoms with van der Waals surface area (Å²) in [6, 6.07) is 56.3. The van der Waals surface area contributed by atoms with Crippen LogP contribution in [0, 0.1) is 13.8 Å². The fraction of sp³-hybridized carbons (Fsp3) is 0.456. The first-order valence-electron chi connectivity index (χ1n) is 25.0. The Hall–Kier alpha value is -3.14. The Morgan fingerprint density at radius 2 is 0.714 bits per heavy atom. The summed E-state index contributed by atoms with van der Waals surface area (Å²) < 4.78 is 2.40. The van der Waals surface area contributed by atoms with E-state index >= 15 is 4.79 Å². The van der Waals surface area contributed by atoms with E-state index in [9.17, 15) is 0 Å². The van der Waals surface area contributed by atoms with Crippen molar-refractivity contribution in [1.29, 1.82) is 0 Å². The van der Waals surface area contributed by atoms with Crippen LogP contribution in [0.4, 0.5) is 0 Å². The van der Waals surface area contributed by atoms with Gasteiger partial charge in [0.15, 0.2) is 0 Å². The molecule has 5 aromatic carbocycles. The molecule has 0 heterocycles. The van der Waals surface area contributed by atoms with Gasteiger partial charge in [-0.15, -0.1) is 0 Å². The Morgan fingerprint density at radius 1 is 0.413 bits per heavy atom. The van der Waals surface area contributed by atoms with Gasteiger partial charge < -0.3 is 0 Å². The highest BCUT2D eigenvalue weighted by Crippen LogP contribution is 2.56. The molecule has 2 unspecified atom stereocenters. The normalized spacial score (nSPS) is 12.9. The minimum atomic E-state index is -1.73. The maximum Gasteiger partial charge on any atom is 0.261 e. The second-order valence-electron chi connectivity index (χ2n) is 18.4. The second kappa shape index (κ2) is 26.1. The highest BCUT2D eigenvalue weighted by Gasteiger charge is 2.40. The summed E-state index contributed by atoms with van der Waals surface area (Å²) >= 11 is 0. The van der Waals surface area contributed by atoms with Crippen molar-refractivity contribution in [3.8, 4) is 0 Å². The first-order chi connectivity index (χ1) is 30.7. The van der Waals surface area contributed by atoms with Crippen LogP contribution in [0.15, 0.2) is 127 Å². The summed E-state index contributed by atoms with van der Waals surface area (Å²) in [6.45, 7) is 18.7. The van der Waals surface area contributed by atoms with E-state index in [0.29, 0.717) is 0 Å². The Morgan fingerprint density at radius 3 is 1.02 bits per heavy atom. The van der Waals surface area contributed by atoms with Gasteiger partial charge in [-0.3, -0.25) is 9.24 Å². The van der Waals surface area contributed by atoms with Gasteiger partial charge in [-0.1, -0.05) is 280 Å². The van der Waals surface area contributed by atoms with Gasteiger partial charge in [0.2, 0.25) is 0 Å². The second-order valence-corrected chi connectivity index (χ2v) is 32.1. The number of benzene rings is 5. The largest absolute Gasteiger partial charge is 0.280 e. The third-order valence-electron chi connectivity index (χ3n) is 13.8. The molecule has 0 bridgehead atoms. The van der Waals surface area contributed by atoms with E-state index in [-0.39, 0.29) is 5.91 Å². The van der Waals surface area contributed by atoms with E-state index in [4.69, 9.17) is 0 Å². The number of hydrogen-bond donors (Lipinski definition) is 0. The van der Waals surface area contributed by atoms with Gasteiger partial charge in [-0.25, -0.2) is 0 Å². The summed E-state index contributed by atoms with van der Waals surface area (Å²) in [4.78, 5) is 15.9. The van der Waals surface area contributed by atoms with Crippen LogP contribution in [0.1, 0.15) is 140 Å². The number of rotatable bonds is 27. The summed E-state index contributed by atoms with van der Waals surface area (Å²) in [7, 11) is -6.06. The molecule has 1 amide bonds. The van der Waals surface area contributed by atoms with Gasteiger partial charge in [-0.05, 0) is 37.1 Å². The maximum atomic E-state index is 15.9. The molecule has 0 aliphatic rings. The van der Waals surface area contributed by atoms with E-state index in [1.807, 2.05) is 30.3 Å². The zero-order valence-corrected chi connectivity index (χ0v) is 44.4. The predicted octanol–water partition coefficient (Wildman–Crippen LogP) is 15.0. The van der Waals surface area contributed by atoms with Crippen molar-refractivity contribution in [3.63, 3.8) is 0 Å². The van der Waals surface area contributed by atoms with Crippen molar-refractivity contribution >= 4 is 69.8 Å². The number of hydrogen-bond acceptors (Lipinski definition) is 1. The molecule has 6 heteroatoms. The minimum absolute atomic E-state index is 0.114. The van der Waals surface area contributed by atoms with Crippen LogP contribution in [-0.2, 0) is 0 Å². The molecule has 0 radical (unpaired) electrons. The van der Waals surface area contributed by atoms with Gasteiger partial charge in [0.1, 0.15) is 0 Å². The summed E-state index contributed by atoms with van der Waals surface area (Å²) in [5.41, 5.74) is 3.23. The Kier molecular flexibility index (Phi) is 21.1. The third-order valence-corrected chi connectivity index (χ3v) is 30.4. The molecule has 0 aliphatic carbocycles. The number of nitrogens with zero attached hydrogens (tertiary/aromatic N) is 1. The molecule has 0 saturated carbocycles. The zero-order valence-electron chi connectivity index (χ0n) is 40.6. The van der Waals surface area contributed by atoms with Crippen LogP contribution in [0.3, 0.4) is 0 Å². The van der Waals surface area contributed by atoms with Crippen molar-refractivity contribution < 1.29 is 4.79 Å². The van der Waals surface area contributed by atoms with E-state index < -0.39 is 32.3 Å². The number of carbonyl (C=O) groups excluding carboxylic acids is 1. The first-order valence-corrected chi connectivity index (χ1v) is 32.9. The van der Waals surface area contributed by atoms with Crippen molar-refractivity contribution in [1.82, 2.24) is 4.44 Å². The fourth-order valence-corrected chi connectivity index (χ4v) is 27.1. The Balaban J connectivity index is 1.79. The quantitative estimate of drug-likeness (QED) is 0.0380. The molecule has 2 nitrogen and oxygen atoms in total. The molecular weight excluding hydrogens is 833 g/mol. The lowest BCUT2D eigenvalue weighted by Gasteiger charge is -2.40. The lowest BCUT2D eigenvalue weighted by Crippen LogP contribution is -2.48. The topological polar surface area (TPSA) is 20.3 Å². The molecule has 0 aliphatic heterocycles. The Labute approximate surface area is 389 Å². The molecule has 338 valence electrons. The van der Waals surface area contributed by atoms with Crippen LogP contribution in [0.25, 0.3) is 0 Å². The molecule has 0 aromatic heterocycles. The van der Waals surface area contributed by atoms with E-state index in [0.717, 1.165) is 5.56 Å². The average molecular weight is 914 g/mol. The van der Waals surface area contributed by atoms with Gasteiger partial charge in [-0.2, -0.15) is 0 Å². The molecule has 0 fully saturated rings. The van der Waals surface area contributed by atoms with Crippen molar-refractivity contribution in [2.75, 3.05) is 0 Å². The lowest BCUT2D eigenvalue weighted by molar-refractivity contribution is 0.0928. The fourth-order valence-electron chi connectivity index (χ4n) is 9.89. The highest BCUT2D eigenvalue weighted by atomic mass is 31.2. The third kappa shape index (κ3) is 13.0. The number of aryl methyl sites for hydroxylation is 2. The summed E-state index contributed by atoms with van der Waals surface area (Å²) in [5.74, 6) is 0.114. The number of carbonyl (C=O) groups is 1. The van der Waals surface area contributed by atoms with Crippen molar-refractivity contribution in [2.45, 2.75) is 169 Å². The monoisotopic (exact) mass is 914 g/mol.